The highest BCUT2D eigenvalue weighted by Crippen LogP contribution is 2.14. The lowest BCUT2D eigenvalue weighted by Gasteiger charge is -2.21. The maximum atomic E-state index is 12.2. The summed E-state index contributed by atoms with van der Waals surface area (Å²) >= 11 is 0. The van der Waals surface area contributed by atoms with Crippen molar-refractivity contribution in [3.05, 3.63) is 35.5 Å². The predicted molar refractivity (Wildman–Crippen MR) is 77.7 cm³/mol. The van der Waals surface area contributed by atoms with E-state index in [1.807, 2.05) is 33.0 Å². The van der Waals surface area contributed by atoms with Crippen LogP contribution >= 0.6 is 0 Å². The molecular weight excluding hydrogens is 270 g/mol. The van der Waals surface area contributed by atoms with Crippen LogP contribution in [-0.4, -0.2) is 39.0 Å². The largest absolute Gasteiger partial charge is 0.361 e. The maximum Gasteiger partial charge on any atom is 0.317 e. The number of amides is 2. The fourth-order valence-corrected chi connectivity index (χ4v) is 2.09. The summed E-state index contributed by atoms with van der Waals surface area (Å²) in [5.41, 5.74) is 1.77. The van der Waals surface area contributed by atoms with Crippen LogP contribution in [0.5, 0.6) is 0 Å². The van der Waals surface area contributed by atoms with Crippen LogP contribution in [0.15, 0.2) is 23.0 Å². The highest BCUT2D eigenvalue weighted by molar-refractivity contribution is 5.74. The summed E-state index contributed by atoms with van der Waals surface area (Å²) in [7, 11) is 1.75. The molecule has 0 saturated heterocycles. The molecule has 1 N–H and O–H groups in total. The highest BCUT2D eigenvalue weighted by atomic mass is 16.5. The Hall–Kier alpha value is -2.31. The highest BCUT2D eigenvalue weighted by Gasteiger charge is 2.16. The van der Waals surface area contributed by atoms with Crippen molar-refractivity contribution < 1.29 is 9.32 Å². The Morgan fingerprint density at radius 2 is 2.29 bits per heavy atom. The van der Waals surface area contributed by atoms with Gasteiger partial charge in [-0.25, -0.2) is 4.79 Å². The first-order valence-corrected chi connectivity index (χ1v) is 6.88. The van der Waals surface area contributed by atoms with Gasteiger partial charge in [-0.1, -0.05) is 5.16 Å². The van der Waals surface area contributed by atoms with E-state index >= 15 is 0 Å². The lowest BCUT2D eigenvalue weighted by molar-refractivity contribution is 0.201. The number of aryl methyl sites for hydroxylation is 2. The van der Waals surface area contributed by atoms with Gasteiger partial charge in [-0.2, -0.15) is 5.10 Å². The van der Waals surface area contributed by atoms with Crippen molar-refractivity contribution in [2.45, 2.75) is 39.9 Å². The zero-order valence-electron chi connectivity index (χ0n) is 12.8. The predicted octanol–water partition coefficient (Wildman–Crippen LogP) is 1.72. The van der Waals surface area contributed by atoms with E-state index < -0.39 is 0 Å². The third kappa shape index (κ3) is 3.84. The molecule has 0 aromatic carbocycles. The van der Waals surface area contributed by atoms with Crippen LogP contribution in [0.2, 0.25) is 0 Å². The molecule has 0 aliphatic heterocycles. The average Bonchev–Trinajstić information content (AvgIpc) is 3.03. The third-order valence-corrected chi connectivity index (χ3v) is 3.31. The zero-order chi connectivity index (χ0) is 15.4. The smallest absolute Gasteiger partial charge is 0.317 e. The van der Waals surface area contributed by atoms with Gasteiger partial charge in [-0.15, -0.1) is 0 Å². The Labute approximate surface area is 123 Å². The molecule has 0 unspecified atom stereocenters. The standard InChI is InChI=1S/C14H21N5O2/c1-10(8-19-7-5-6-15-19)16-14(20)18(4)9-13-11(2)17-21-12(13)3/h5-7,10H,8-9H2,1-4H3,(H,16,20)/t10-/m1/s1. The second-order valence-corrected chi connectivity index (χ2v) is 5.24. The van der Waals surface area contributed by atoms with Crippen LogP contribution in [0.3, 0.4) is 0 Å². The molecular formula is C14H21N5O2. The van der Waals surface area contributed by atoms with Crippen molar-refractivity contribution in [1.82, 2.24) is 25.2 Å². The van der Waals surface area contributed by atoms with Crippen molar-refractivity contribution >= 4 is 6.03 Å². The number of urea groups is 1. The van der Waals surface area contributed by atoms with E-state index in [2.05, 4.69) is 15.6 Å². The van der Waals surface area contributed by atoms with Gasteiger partial charge in [0, 0.05) is 31.0 Å². The molecule has 2 heterocycles. The molecule has 114 valence electrons. The summed E-state index contributed by atoms with van der Waals surface area (Å²) in [6, 6.07) is 1.72. The normalized spacial score (nSPS) is 12.2. The Morgan fingerprint density at radius 1 is 1.52 bits per heavy atom. The van der Waals surface area contributed by atoms with Gasteiger partial charge in [0.15, 0.2) is 0 Å². The first-order valence-electron chi connectivity index (χ1n) is 6.88. The minimum atomic E-state index is -0.130. The van der Waals surface area contributed by atoms with E-state index in [9.17, 15) is 4.79 Å². The monoisotopic (exact) mass is 291 g/mol. The first kappa shape index (κ1) is 15.1. The lowest BCUT2D eigenvalue weighted by atomic mass is 10.2. The van der Waals surface area contributed by atoms with Crippen molar-refractivity contribution in [2.24, 2.45) is 0 Å². The fraction of sp³-hybridized carbons (Fsp3) is 0.500. The van der Waals surface area contributed by atoms with Crippen molar-refractivity contribution in [3.8, 4) is 0 Å². The molecule has 7 heteroatoms. The third-order valence-electron chi connectivity index (χ3n) is 3.31. The molecule has 1 atom stereocenters. The second kappa shape index (κ2) is 6.43. The molecule has 0 aliphatic rings. The average molecular weight is 291 g/mol. The SMILES string of the molecule is Cc1noc(C)c1CN(C)C(=O)N[C@H](C)Cn1cccn1. The summed E-state index contributed by atoms with van der Waals surface area (Å²) in [5, 5.41) is 11.0. The van der Waals surface area contributed by atoms with Crippen LogP contribution in [0.1, 0.15) is 23.9 Å². The summed E-state index contributed by atoms with van der Waals surface area (Å²) in [6.07, 6.45) is 3.59. The van der Waals surface area contributed by atoms with Crippen LogP contribution in [-0.2, 0) is 13.1 Å². The van der Waals surface area contributed by atoms with Gasteiger partial charge in [0.25, 0.3) is 0 Å². The van der Waals surface area contributed by atoms with Crippen LogP contribution in [0.4, 0.5) is 4.79 Å². The molecule has 0 bridgehead atoms. The Balaban J connectivity index is 1.87. The Bertz CT molecular complexity index is 571. The molecule has 21 heavy (non-hydrogen) atoms. The van der Waals surface area contributed by atoms with Crippen molar-refractivity contribution in [2.75, 3.05) is 7.05 Å². The van der Waals surface area contributed by atoms with Crippen LogP contribution in [0, 0.1) is 13.8 Å². The van der Waals surface area contributed by atoms with E-state index in [0.29, 0.717) is 13.1 Å². The minimum Gasteiger partial charge on any atom is -0.361 e. The van der Waals surface area contributed by atoms with E-state index in [1.54, 1.807) is 22.8 Å². The van der Waals surface area contributed by atoms with Gasteiger partial charge in [-0.3, -0.25) is 4.68 Å². The number of carbonyl (C=O) groups is 1. The second-order valence-electron chi connectivity index (χ2n) is 5.24. The molecule has 2 aromatic rings. The summed E-state index contributed by atoms with van der Waals surface area (Å²) < 4.78 is 6.90. The number of nitrogens with zero attached hydrogens (tertiary/aromatic N) is 4. The van der Waals surface area contributed by atoms with Gasteiger partial charge in [0.05, 0.1) is 18.8 Å². The minimum absolute atomic E-state index is 0.00970. The lowest BCUT2D eigenvalue weighted by Crippen LogP contribution is -2.43. The number of carbonyl (C=O) groups excluding carboxylic acids is 1. The van der Waals surface area contributed by atoms with E-state index in [4.69, 9.17) is 4.52 Å². The molecule has 2 rings (SSSR count). The van der Waals surface area contributed by atoms with Crippen LogP contribution in [0.25, 0.3) is 0 Å². The summed E-state index contributed by atoms with van der Waals surface area (Å²) in [5.74, 6) is 0.747. The number of aromatic nitrogens is 3. The Kier molecular flexibility index (Phi) is 4.62. The Morgan fingerprint density at radius 3 is 2.86 bits per heavy atom. The summed E-state index contributed by atoms with van der Waals surface area (Å²) in [4.78, 5) is 13.8. The molecule has 0 aliphatic carbocycles. The molecule has 0 saturated carbocycles. The molecule has 2 amide bonds. The number of hydrogen-bond donors (Lipinski definition) is 1. The van der Waals surface area contributed by atoms with Crippen molar-refractivity contribution in [1.29, 1.82) is 0 Å². The van der Waals surface area contributed by atoms with Gasteiger partial charge >= 0.3 is 6.03 Å². The van der Waals surface area contributed by atoms with E-state index in [-0.39, 0.29) is 12.1 Å². The number of nitrogens with one attached hydrogen (secondary N) is 1. The zero-order valence-corrected chi connectivity index (χ0v) is 12.8. The van der Waals surface area contributed by atoms with E-state index in [1.165, 1.54) is 0 Å². The topological polar surface area (TPSA) is 76.2 Å². The molecule has 0 fully saturated rings. The van der Waals surface area contributed by atoms with Crippen molar-refractivity contribution in [3.63, 3.8) is 0 Å². The van der Waals surface area contributed by atoms with Crippen LogP contribution < -0.4 is 5.32 Å². The van der Waals surface area contributed by atoms with E-state index in [0.717, 1.165) is 17.0 Å². The summed E-state index contributed by atoms with van der Waals surface area (Å²) in [6.45, 7) is 6.78. The number of hydrogen-bond acceptors (Lipinski definition) is 4. The maximum absolute atomic E-state index is 12.2. The molecule has 0 radical (unpaired) electrons. The fourth-order valence-electron chi connectivity index (χ4n) is 2.09. The van der Waals surface area contributed by atoms with Gasteiger partial charge < -0.3 is 14.7 Å². The molecule has 0 spiro atoms. The molecule has 2 aromatic heterocycles. The number of rotatable bonds is 5. The van der Waals surface area contributed by atoms with Gasteiger partial charge in [-0.05, 0) is 26.8 Å². The molecule has 7 nitrogen and oxygen atoms in total. The first-order chi connectivity index (χ1) is 9.97. The quantitative estimate of drug-likeness (QED) is 0.910. The van der Waals surface area contributed by atoms with Gasteiger partial charge in [0.1, 0.15) is 5.76 Å². The van der Waals surface area contributed by atoms with Gasteiger partial charge in [0.2, 0.25) is 0 Å².